The van der Waals surface area contributed by atoms with Crippen molar-refractivity contribution in [2.75, 3.05) is 10.2 Å². The quantitative estimate of drug-likeness (QED) is 0.218. The van der Waals surface area contributed by atoms with E-state index in [0.717, 1.165) is 48.8 Å². The Morgan fingerprint density at radius 2 is 1.65 bits per heavy atom. The fourth-order valence-corrected chi connectivity index (χ4v) is 9.02. The van der Waals surface area contributed by atoms with E-state index in [2.05, 4.69) is 21.2 Å². The van der Waals surface area contributed by atoms with Gasteiger partial charge in [0.05, 0.1) is 16.6 Å². The number of amides is 3. The summed E-state index contributed by atoms with van der Waals surface area (Å²) in [4.78, 5) is 55.9. The summed E-state index contributed by atoms with van der Waals surface area (Å²) < 4.78 is 15.8. The van der Waals surface area contributed by atoms with Gasteiger partial charge in [-0.2, -0.15) is 0 Å². The zero-order chi connectivity index (χ0) is 29.8. The van der Waals surface area contributed by atoms with Crippen molar-refractivity contribution in [1.29, 1.82) is 0 Å². The number of imide groups is 1. The Kier molecular flexibility index (Phi) is 7.03. The smallest absolute Gasteiger partial charge is 0.308 e. The minimum Gasteiger partial charge on any atom is -0.324 e. The van der Waals surface area contributed by atoms with Crippen LogP contribution < -0.4 is 15.1 Å². The van der Waals surface area contributed by atoms with E-state index in [0.29, 0.717) is 15.6 Å². The molecule has 214 valence electrons. The van der Waals surface area contributed by atoms with Gasteiger partial charge in [0.1, 0.15) is 17.6 Å². The lowest BCUT2D eigenvalue weighted by Crippen LogP contribution is -2.33. The van der Waals surface area contributed by atoms with Crippen molar-refractivity contribution in [3.8, 4) is 0 Å². The van der Waals surface area contributed by atoms with Gasteiger partial charge in [0.25, 0.3) is 0 Å². The number of nitrogens with zero attached hydrogens (tertiary/aromatic N) is 2. The Morgan fingerprint density at radius 1 is 0.907 bits per heavy atom. The average Bonchev–Trinajstić information content (AvgIpc) is 3.44. The third-order valence-electron chi connectivity index (χ3n) is 7.71. The Bertz CT molecular complexity index is 2000. The van der Waals surface area contributed by atoms with Gasteiger partial charge in [0, 0.05) is 26.3 Å². The molecule has 3 heterocycles. The van der Waals surface area contributed by atoms with E-state index >= 15 is 0 Å². The highest BCUT2D eigenvalue weighted by molar-refractivity contribution is 9.10. The van der Waals surface area contributed by atoms with Crippen molar-refractivity contribution in [2.24, 2.45) is 5.92 Å². The number of halogens is 2. The monoisotopic (exact) mass is 673 g/mol. The Labute approximate surface area is 261 Å². The number of aromatic nitrogens is 1. The first-order chi connectivity index (χ1) is 20.8. The summed E-state index contributed by atoms with van der Waals surface area (Å²) in [5, 5.41) is 4.44. The number of hydrogen-bond donors (Lipinski definition) is 1. The van der Waals surface area contributed by atoms with Crippen molar-refractivity contribution in [1.82, 2.24) is 4.57 Å². The fourth-order valence-electron chi connectivity index (χ4n) is 5.83. The number of carbonyl (C=O) groups is 3. The first-order valence-corrected chi connectivity index (χ1v) is 15.9. The van der Waals surface area contributed by atoms with Crippen LogP contribution in [0.25, 0.3) is 10.8 Å². The molecule has 3 amide bonds. The van der Waals surface area contributed by atoms with Crippen LogP contribution in [0.5, 0.6) is 0 Å². The SMILES string of the molecule is O=C(Cn1c2c(sc1=O)[C@@H](c1cccc(Br)c1)[C@@H]1C(=O)N(c3ccc(F)cc3)C(=O)[C@@H]1S2)Nc1cccc2ccccc12. The van der Waals surface area contributed by atoms with Gasteiger partial charge < -0.3 is 5.32 Å². The second-order valence-corrected chi connectivity index (χ2v) is 13.3. The molecular formula is C32H21BrFN3O4S2. The molecule has 11 heteroatoms. The zero-order valence-corrected chi connectivity index (χ0v) is 25.4. The molecule has 0 bridgehead atoms. The third kappa shape index (κ3) is 4.81. The molecular weight excluding hydrogens is 653 g/mol. The van der Waals surface area contributed by atoms with E-state index in [1.165, 1.54) is 28.8 Å². The van der Waals surface area contributed by atoms with Gasteiger partial charge in [-0.15, -0.1) is 0 Å². The van der Waals surface area contributed by atoms with Gasteiger partial charge in [0.15, 0.2) is 0 Å². The predicted molar refractivity (Wildman–Crippen MR) is 169 cm³/mol. The van der Waals surface area contributed by atoms with Crippen LogP contribution in [0.15, 0.2) is 105 Å². The van der Waals surface area contributed by atoms with Crippen molar-refractivity contribution in [3.05, 3.63) is 121 Å². The first-order valence-electron chi connectivity index (χ1n) is 13.4. The van der Waals surface area contributed by atoms with E-state index in [1.807, 2.05) is 66.7 Å². The van der Waals surface area contributed by atoms with Crippen LogP contribution in [-0.4, -0.2) is 27.5 Å². The summed E-state index contributed by atoms with van der Waals surface area (Å²) in [6.45, 7) is -0.257. The molecule has 43 heavy (non-hydrogen) atoms. The molecule has 7 rings (SSSR count). The number of nitrogens with one attached hydrogen (secondary N) is 1. The standard InChI is InChI=1S/C32H21BrFN3O4S2/c33-19-8-3-7-18(15-19)25-26-27(30(40)37(29(26)39)21-13-11-20(34)12-14-21)42-31-28(25)43-32(41)36(31)16-24(38)35-23-10-4-6-17-5-1-2-9-22(17)23/h1-15,25-27H,16H2,(H,35,38)/t25-,26-,27+/m0/s1. The predicted octanol–water partition coefficient (Wildman–Crippen LogP) is 6.40. The molecule has 0 saturated carbocycles. The summed E-state index contributed by atoms with van der Waals surface area (Å²) in [6.07, 6.45) is 0. The van der Waals surface area contributed by atoms with Crippen LogP contribution in [0.4, 0.5) is 15.8 Å². The van der Waals surface area contributed by atoms with Crippen LogP contribution in [-0.2, 0) is 20.9 Å². The van der Waals surface area contributed by atoms with Gasteiger partial charge >= 0.3 is 4.87 Å². The zero-order valence-electron chi connectivity index (χ0n) is 22.2. The molecule has 0 radical (unpaired) electrons. The molecule has 4 aromatic carbocycles. The van der Waals surface area contributed by atoms with E-state index in [4.69, 9.17) is 0 Å². The normalized spacial score (nSPS) is 19.4. The van der Waals surface area contributed by atoms with Crippen molar-refractivity contribution >= 4 is 78.9 Å². The van der Waals surface area contributed by atoms with Crippen molar-refractivity contribution in [3.63, 3.8) is 0 Å². The van der Waals surface area contributed by atoms with E-state index in [1.54, 1.807) is 0 Å². The van der Waals surface area contributed by atoms with Crippen LogP contribution in [0.3, 0.4) is 0 Å². The summed E-state index contributed by atoms with van der Waals surface area (Å²) in [6, 6.07) is 26.0. The molecule has 0 spiro atoms. The number of thiazole rings is 1. The summed E-state index contributed by atoms with van der Waals surface area (Å²) in [5.41, 5.74) is 1.68. The Balaban J connectivity index is 1.28. The van der Waals surface area contributed by atoms with Gasteiger partial charge in [-0.25, -0.2) is 9.29 Å². The number of fused-ring (bicyclic) bond motifs is 3. The van der Waals surface area contributed by atoms with E-state index in [-0.39, 0.29) is 23.0 Å². The van der Waals surface area contributed by atoms with Crippen LogP contribution >= 0.6 is 39.0 Å². The molecule has 5 aromatic rings. The number of rotatable bonds is 5. The van der Waals surface area contributed by atoms with E-state index in [9.17, 15) is 23.6 Å². The van der Waals surface area contributed by atoms with Gasteiger partial charge in [-0.1, -0.05) is 87.6 Å². The molecule has 1 fully saturated rings. The first kappa shape index (κ1) is 27.8. The number of thioether (sulfide) groups is 1. The second-order valence-electron chi connectivity index (χ2n) is 10.3. The average molecular weight is 675 g/mol. The van der Waals surface area contributed by atoms with Gasteiger partial charge in [0.2, 0.25) is 17.7 Å². The van der Waals surface area contributed by atoms with Crippen LogP contribution in [0.1, 0.15) is 16.4 Å². The van der Waals surface area contributed by atoms with Crippen LogP contribution in [0, 0.1) is 11.7 Å². The highest BCUT2D eigenvalue weighted by Gasteiger charge is 2.56. The van der Waals surface area contributed by atoms with Gasteiger partial charge in [-0.05, 0) is 53.4 Å². The minimum absolute atomic E-state index is 0.257. The number of carbonyl (C=O) groups excluding carboxylic acids is 3. The maximum atomic E-state index is 13.9. The summed E-state index contributed by atoms with van der Waals surface area (Å²) >= 11 is 5.63. The summed E-state index contributed by atoms with van der Waals surface area (Å²) in [5.74, 6) is -3.10. The topological polar surface area (TPSA) is 88.5 Å². The lowest BCUT2D eigenvalue weighted by molar-refractivity contribution is -0.122. The number of anilines is 2. The molecule has 2 aliphatic heterocycles. The highest BCUT2D eigenvalue weighted by Crippen LogP contribution is 2.54. The Hall–Kier alpha value is -4.06. The Morgan fingerprint density at radius 3 is 2.44 bits per heavy atom. The van der Waals surface area contributed by atoms with Crippen molar-refractivity contribution in [2.45, 2.75) is 22.7 Å². The molecule has 0 aliphatic carbocycles. The number of hydrogen-bond acceptors (Lipinski definition) is 6. The summed E-state index contributed by atoms with van der Waals surface area (Å²) in [7, 11) is 0. The fraction of sp³-hybridized carbons (Fsp3) is 0.125. The highest BCUT2D eigenvalue weighted by atomic mass is 79.9. The minimum atomic E-state index is -0.838. The van der Waals surface area contributed by atoms with Crippen molar-refractivity contribution < 1.29 is 18.8 Å². The molecule has 7 nitrogen and oxygen atoms in total. The maximum absolute atomic E-state index is 13.9. The molecule has 1 N–H and O–H groups in total. The lowest BCUT2D eigenvalue weighted by Gasteiger charge is -2.30. The lowest BCUT2D eigenvalue weighted by atomic mass is 9.83. The molecule has 1 saturated heterocycles. The molecule has 2 aliphatic rings. The van der Waals surface area contributed by atoms with Crippen LogP contribution in [0.2, 0.25) is 0 Å². The molecule has 0 unspecified atom stereocenters. The molecule has 1 aromatic heterocycles. The maximum Gasteiger partial charge on any atom is 0.308 e. The largest absolute Gasteiger partial charge is 0.324 e. The van der Waals surface area contributed by atoms with E-state index < -0.39 is 34.7 Å². The van der Waals surface area contributed by atoms with Gasteiger partial charge in [-0.3, -0.25) is 23.7 Å². The second kappa shape index (κ2) is 10.9. The number of benzene rings is 4. The molecule has 3 atom stereocenters. The third-order valence-corrected chi connectivity index (χ3v) is 10.8.